The van der Waals surface area contributed by atoms with E-state index in [1.54, 1.807) is 24.3 Å². The van der Waals surface area contributed by atoms with Gasteiger partial charge in [0.05, 0.1) is 11.5 Å². The largest absolute Gasteiger partial charge is 0.399 e. The number of sulfone groups is 1. The molecule has 116 valence electrons. The van der Waals surface area contributed by atoms with Crippen molar-refractivity contribution in [1.82, 2.24) is 4.90 Å². The molecule has 1 amide bonds. The molecule has 0 aliphatic carbocycles. The molecular weight excluding hydrogens is 290 g/mol. The van der Waals surface area contributed by atoms with Crippen LogP contribution in [-0.4, -0.2) is 50.4 Å². The first-order valence-electron chi connectivity index (χ1n) is 7.03. The van der Waals surface area contributed by atoms with Crippen molar-refractivity contribution in [3.8, 4) is 0 Å². The zero-order valence-corrected chi connectivity index (χ0v) is 12.7. The molecule has 0 radical (unpaired) electrons. The summed E-state index contributed by atoms with van der Waals surface area (Å²) in [4.78, 5) is 13.9. The molecule has 1 aliphatic heterocycles. The second-order valence-corrected chi connectivity index (χ2v) is 7.57. The molecule has 1 aliphatic rings. The first-order valence-corrected chi connectivity index (χ1v) is 8.85. The Labute approximate surface area is 125 Å². The summed E-state index contributed by atoms with van der Waals surface area (Å²) < 4.78 is 22.6. The summed E-state index contributed by atoms with van der Waals surface area (Å²) >= 11 is 0. The third-order valence-electron chi connectivity index (χ3n) is 3.49. The van der Waals surface area contributed by atoms with Gasteiger partial charge >= 0.3 is 0 Å². The molecule has 3 N–H and O–H groups in total. The van der Waals surface area contributed by atoms with Gasteiger partial charge in [-0.25, -0.2) is 8.42 Å². The van der Waals surface area contributed by atoms with Gasteiger partial charge in [-0.3, -0.25) is 4.79 Å². The zero-order chi connectivity index (χ0) is 15.3. The van der Waals surface area contributed by atoms with E-state index in [-0.39, 0.29) is 17.4 Å². The van der Waals surface area contributed by atoms with Gasteiger partial charge < -0.3 is 16.0 Å². The number of hydrogen-bond donors (Lipinski definition) is 2. The van der Waals surface area contributed by atoms with E-state index < -0.39 is 9.84 Å². The highest BCUT2D eigenvalue weighted by Crippen LogP contribution is 2.12. The van der Waals surface area contributed by atoms with Crippen LogP contribution in [0, 0.1) is 0 Å². The van der Waals surface area contributed by atoms with E-state index in [0.717, 1.165) is 6.54 Å². The van der Waals surface area contributed by atoms with Crippen LogP contribution in [0.25, 0.3) is 0 Å². The number of anilines is 2. The van der Waals surface area contributed by atoms with Gasteiger partial charge in [0.1, 0.15) is 0 Å². The Balaban J connectivity index is 1.68. The summed E-state index contributed by atoms with van der Waals surface area (Å²) in [6, 6.07) is 7.07. The molecule has 2 rings (SSSR count). The van der Waals surface area contributed by atoms with Crippen LogP contribution in [0.4, 0.5) is 11.4 Å². The number of amides is 1. The summed E-state index contributed by atoms with van der Waals surface area (Å²) in [6.07, 6.45) is 1.13. The number of carbonyl (C=O) groups is 1. The van der Waals surface area contributed by atoms with E-state index in [2.05, 4.69) is 10.2 Å². The molecule has 0 aromatic heterocycles. The number of hydrogen-bond acceptors (Lipinski definition) is 5. The number of nitrogens with one attached hydrogen (secondary N) is 1. The molecule has 6 nitrogen and oxygen atoms in total. The molecule has 0 bridgehead atoms. The summed E-state index contributed by atoms with van der Waals surface area (Å²) in [5, 5.41) is 2.80. The molecule has 1 fully saturated rings. The molecule has 0 spiro atoms. The lowest BCUT2D eigenvalue weighted by atomic mass is 10.2. The Bertz CT molecular complexity index is 587. The Morgan fingerprint density at radius 2 is 2.00 bits per heavy atom. The van der Waals surface area contributed by atoms with Crippen molar-refractivity contribution >= 4 is 27.1 Å². The summed E-state index contributed by atoms with van der Waals surface area (Å²) in [5.74, 6) is 0.399. The average molecular weight is 311 g/mol. The fourth-order valence-electron chi connectivity index (χ4n) is 2.28. The number of nitrogens with zero attached hydrogens (tertiary/aromatic N) is 1. The third kappa shape index (κ3) is 5.35. The van der Waals surface area contributed by atoms with Gasteiger partial charge in [0.25, 0.3) is 0 Å². The fourth-order valence-corrected chi connectivity index (χ4v) is 3.55. The van der Waals surface area contributed by atoms with E-state index in [1.165, 1.54) is 0 Å². The van der Waals surface area contributed by atoms with E-state index in [4.69, 9.17) is 5.73 Å². The molecule has 21 heavy (non-hydrogen) atoms. The molecule has 1 saturated heterocycles. The van der Waals surface area contributed by atoms with Crippen molar-refractivity contribution in [3.05, 3.63) is 24.3 Å². The Morgan fingerprint density at radius 1 is 1.29 bits per heavy atom. The smallest absolute Gasteiger partial charge is 0.224 e. The molecular formula is C14H21N3O3S. The van der Waals surface area contributed by atoms with E-state index in [9.17, 15) is 13.2 Å². The van der Waals surface area contributed by atoms with Gasteiger partial charge in [0.2, 0.25) is 5.91 Å². The van der Waals surface area contributed by atoms with Gasteiger partial charge in [-0.2, -0.15) is 0 Å². The van der Waals surface area contributed by atoms with Gasteiger partial charge in [0.15, 0.2) is 9.84 Å². The van der Waals surface area contributed by atoms with Crippen LogP contribution in [-0.2, 0) is 14.6 Å². The minimum absolute atomic E-state index is 0.0507. The number of rotatable bonds is 5. The average Bonchev–Trinajstić information content (AvgIpc) is 2.41. The van der Waals surface area contributed by atoms with Crippen molar-refractivity contribution in [1.29, 1.82) is 0 Å². The lowest BCUT2D eigenvalue weighted by Gasteiger charge is -2.26. The number of nitrogen functional groups attached to an aromatic ring is 1. The second-order valence-electron chi connectivity index (χ2n) is 5.27. The molecule has 1 aromatic carbocycles. The maximum absolute atomic E-state index is 11.8. The fraction of sp³-hybridized carbons (Fsp3) is 0.500. The summed E-state index contributed by atoms with van der Waals surface area (Å²) in [7, 11) is -2.83. The summed E-state index contributed by atoms with van der Waals surface area (Å²) in [5.41, 5.74) is 6.96. The van der Waals surface area contributed by atoms with Crippen LogP contribution in [0.3, 0.4) is 0 Å². The number of carbonyl (C=O) groups excluding carboxylic acids is 1. The van der Waals surface area contributed by atoms with Crippen LogP contribution in [0.5, 0.6) is 0 Å². The minimum atomic E-state index is -2.83. The second kappa shape index (κ2) is 6.91. The van der Waals surface area contributed by atoms with Crippen LogP contribution < -0.4 is 11.1 Å². The van der Waals surface area contributed by atoms with E-state index in [1.807, 2.05) is 0 Å². The molecule has 1 aromatic rings. The highest BCUT2D eigenvalue weighted by Gasteiger charge is 2.21. The van der Waals surface area contributed by atoms with Crippen LogP contribution in [0.1, 0.15) is 12.8 Å². The van der Waals surface area contributed by atoms with Crippen molar-refractivity contribution in [2.75, 3.05) is 42.2 Å². The van der Waals surface area contributed by atoms with Crippen molar-refractivity contribution in [2.24, 2.45) is 0 Å². The predicted molar refractivity (Wildman–Crippen MR) is 83.8 cm³/mol. The van der Waals surface area contributed by atoms with Crippen molar-refractivity contribution < 1.29 is 13.2 Å². The summed E-state index contributed by atoms with van der Waals surface area (Å²) in [6.45, 7) is 1.89. The maximum Gasteiger partial charge on any atom is 0.224 e. The van der Waals surface area contributed by atoms with Crippen LogP contribution >= 0.6 is 0 Å². The lowest BCUT2D eigenvalue weighted by molar-refractivity contribution is -0.116. The van der Waals surface area contributed by atoms with Gasteiger partial charge in [0, 0.05) is 30.9 Å². The first-order chi connectivity index (χ1) is 9.94. The van der Waals surface area contributed by atoms with E-state index in [0.29, 0.717) is 37.3 Å². The Hall–Kier alpha value is -1.60. The lowest BCUT2D eigenvalue weighted by Crippen LogP contribution is -2.40. The van der Waals surface area contributed by atoms with Crippen molar-refractivity contribution in [3.63, 3.8) is 0 Å². The van der Waals surface area contributed by atoms with Crippen LogP contribution in [0.2, 0.25) is 0 Å². The molecule has 0 unspecified atom stereocenters. The van der Waals surface area contributed by atoms with Gasteiger partial charge in [-0.15, -0.1) is 0 Å². The number of benzene rings is 1. The normalized spacial score (nSPS) is 18.3. The predicted octanol–water partition coefficient (Wildman–Crippen LogP) is 0.718. The highest BCUT2D eigenvalue weighted by atomic mass is 32.2. The monoisotopic (exact) mass is 311 g/mol. The highest BCUT2D eigenvalue weighted by molar-refractivity contribution is 7.91. The van der Waals surface area contributed by atoms with Gasteiger partial charge in [-0.1, -0.05) is 6.07 Å². The zero-order valence-electron chi connectivity index (χ0n) is 11.9. The standard InChI is InChI=1S/C14H21N3O3S/c15-12-3-1-4-13(11-12)16-14(18)5-2-6-17-7-9-21(19,20)10-8-17/h1,3-4,11H,2,5-10,15H2,(H,16,18). The Morgan fingerprint density at radius 3 is 2.67 bits per heavy atom. The molecule has 0 atom stereocenters. The topological polar surface area (TPSA) is 92.5 Å². The molecule has 0 saturated carbocycles. The molecule has 7 heteroatoms. The third-order valence-corrected chi connectivity index (χ3v) is 5.09. The van der Waals surface area contributed by atoms with E-state index >= 15 is 0 Å². The Kier molecular flexibility index (Phi) is 5.19. The quantitative estimate of drug-likeness (QED) is 0.782. The van der Waals surface area contributed by atoms with Crippen LogP contribution in [0.15, 0.2) is 24.3 Å². The van der Waals surface area contributed by atoms with Crippen molar-refractivity contribution in [2.45, 2.75) is 12.8 Å². The maximum atomic E-state index is 11.8. The first kappa shape index (κ1) is 15.8. The molecule has 1 heterocycles. The SMILES string of the molecule is Nc1cccc(NC(=O)CCCN2CCS(=O)(=O)CC2)c1. The number of nitrogens with two attached hydrogens (primary N) is 1. The minimum Gasteiger partial charge on any atom is -0.399 e. The van der Waals surface area contributed by atoms with Gasteiger partial charge in [-0.05, 0) is 31.2 Å².